The van der Waals surface area contributed by atoms with Crippen molar-refractivity contribution in [2.75, 3.05) is 13.1 Å². The van der Waals surface area contributed by atoms with Gasteiger partial charge in [-0.05, 0) is 56.2 Å². The van der Waals surface area contributed by atoms with Gasteiger partial charge >= 0.3 is 0 Å². The van der Waals surface area contributed by atoms with E-state index >= 15 is 0 Å². The maximum Gasteiger partial charge on any atom is 0.242 e. The van der Waals surface area contributed by atoms with Gasteiger partial charge in [0, 0.05) is 31.0 Å². The number of carbonyl (C=O) groups is 1. The van der Waals surface area contributed by atoms with Crippen molar-refractivity contribution < 1.29 is 9.18 Å². The highest BCUT2D eigenvalue weighted by atomic mass is 19.1. The van der Waals surface area contributed by atoms with E-state index in [9.17, 15) is 9.18 Å². The van der Waals surface area contributed by atoms with Crippen LogP contribution < -0.4 is 0 Å². The van der Waals surface area contributed by atoms with Crippen molar-refractivity contribution in [3.8, 4) is 11.1 Å². The average molecular weight is 339 g/mol. The Hall–Kier alpha value is -2.69. The van der Waals surface area contributed by atoms with Crippen molar-refractivity contribution in [2.45, 2.75) is 27.3 Å². The van der Waals surface area contributed by atoms with E-state index in [1.165, 1.54) is 6.07 Å². The summed E-state index contributed by atoms with van der Waals surface area (Å²) in [6.45, 7) is 7.40. The van der Waals surface area contributed by atoms with Crippen molar-refractivity contribution in [3.05, 3.63) is 54.1 Å². The van der Waals surface area contributed by atoms with Crippen LogP contribution >= 0.6 is 0 Å². The molecule has 0 aliphatic carbocycles. The second kappa shape index (κ2) is 7.05. The molecule has 0 aliphatic rings. The lowest BCUT2D eigenvalue weighted by Gasteiger charge is -2.19. The van der Waals surface area contributed by atoms with Crippen LogP contribution in [0.3, 0.4) is 0 Å². The third-order valence-electron chi connectivity index (χ3n) is 4.53. The van der Waals surface area contributed by atoms with Crippen LogP contribution in [0.5, 0.6) is 0 Å². The topological polar surface area (TPSA) is 38.1 Å². The highest BCUT2D eigenvalue weighted by Gasteiger charge is 2.13. The van der Waals surface area contributed by atoms with Gasteiger partial charge in [-0.2, -0.15) is 0 Å². The molecule has 2 heterocycles. The average Bonchev–Trinajstić information content (AvgIpc) is 3.00. The zero-order valence-electron chi connectivity index (χ0n) is 14.8. The molecule has 0 aliphatic heterocycles. The zero-order chi connectivity index (χ0) is 18.0. The van der Waals surface area contributed by atoms with Gasteiger partial charge in [0.15, 0.2) is 0 Å². The number of carbonyl (C=O) groups excluding carboxylic acids is 1. The summed E-state index contributed by atoms with van der Waals surface area (Å²) in [6, 6.07) is 8.94. The summed E-state index contributed by atoms with van der Waals surface area (Å²) in [6.07, 6.45) is 3.67. The maximum atomic E-state index is 13.5. The van der Waals surface area contributed by atoms with Gasteiger partial charge in [-0.3, -0.25) is 9.78 Å². The molecule has 0 fully saturated rings. The molecule has 0 N–H and O–H groups in total. The number of aromatic nitrogens is 2. The number of likely N-dealkylation sites (N-methyl/N-ethyl adjacent to an activating group) is 1. The Bertz CT molecular complexity index is 912. The van der Waals surface area contributed by atoms with Crippen LogP contribution in [0.4, 0.5) is 4.39 Å². The lowest BCUT2D eigenvalue weighted by molar-refractivity contribution is -0.131. The molecular weight excluding hydrogens is 317 g/mol. The largest absolute Gasteiger partial charge is 0.342 e. The Morgan fingerprint density at radius 1 is 1.16 bits per heavy atom. The standard InChI is InChI=1S/C20H22FN3O/c1-4-23(5-2)20(25)13-24-9-8-18-19(24)11-16(12-22-18)15-6-7-17(21)14(3)10-15/h6-12H,4-5,13H2,1-3H3. The Morgan fingerprint density at radius 3 is 2.60 bits per heavy atom. The molecule has 0 radical (unpaired) electrons. The second-order valence-electron chi connectivity index (χ2n) is 6.10. The molecule has 0 unspecified atom stereocenters. The lowest BCUT2D eigenvalue weighted by Crippen LogP contribution is -2.33. The van der Waals surface area contributed by atoms with Gasteiger partial charge in [0.25, 0.3) is 0 Å². The molecule has 0 bridgehead atoms. The Labute approximate surface area is 146 Å². The van der Waals surface area contributed by atoms with Crippen LogP contribution in [0.2, 0.25) is 0 Å². The van der Waals surface area contributed by atoms with Crippen LogP contribution in [-0.2, 0) is 11.3 Å². The molecule has 4 nitrogen and oxygen atoms in total. The van der Waals surface area contributed by atoms with Crippen molar-refractivity contribution in [1.82, 2.24) is 14.5 Å². The van der Waals surface area contributed by atoms with E-state index in [0.29, 0.717) is 25.2 Å². The first-order valence-electron chi connectivity index (χ1n) is 8.52. The second-order valence-corrected chi connectivity index (χ2v) is 6.10. The normalized spacial score (nSPS) is 11.0. The quantitative estimate of drug-likeness (QED) is 0.704. The Balaban J connectivity index is 1.96. The molecule has 0 spiro atoms. The van der Waals surface area contributed by atoms with Gasteiger partial charge in [0.05, 0.1) is 11.0 Å². The van der Waals surface area contributed by atoms with E-state index < -0.39 is 0 Å². The lowest BCUT2D eigenvalue weighted by atomic mass is 10.0. The molecule has 0 saturated heterocycles. The number of aryl methyl sites for hydroxylation is 1. The SMILES string of the molecule is CCN(CC)C(=O)Cn1ccc2ncc(-c3ccc(F)c(C)c3)cc21. The summed E-state index contributed by atoms with van der Waals surface area (Å²) in [5, 5.41) is 0. The van der Waals surface area contributed by atoms with E-state index in [4.69, 9.17) is 0 Å². The minimum atomic E-state index is -0.217. The molecule has 1 aromatic carbocycles. The minimum absolute atomic E-state index is 0.0885. The Morgan fingerprint density at radius 2 is 1.92 bits per heavy atom. The first-order valence-corrected chi connectivity index (χ1v) is 8.52. The van der Waals surface area contributed by atoms with Crippen LogP contribution in [0.1, 0.15) is 19.4 Å². The van der Waals surface area contributed by atoms with Gasteiger partial charge in [0.1, 0.15) is 12.4 Å². The van der Waals surface area contributed by atoms with Crippen molar-refractivity contribution in [1.29, 1.82) is 0 Å². The molecular formula is C20H22FN3O. The summed E-state index contributed by atoms with van der Waals surface area (Å²) in [4.78, 5) is 18.7. The number of amides is 1. The van der Waals surface area contributed by atoms with Crippen LogP contribution in [0.15, 0.2) is 42.7 Å². The first-order chi connectivity index (χ1) is 12.0. The number of benzene rings is 1. The summed E-state index contributed by atoms with van der Waals surface area (Å²) in [5.41, 5.74) is 4.17. The fourth-order valence-electron chi connectivity index (χ4n) is 3.01. The van der Waals surface area contributed by atoms with Crippen molar-refractivity contribution in [3.63, 3.8) is 0 Å². The van der Waals surface area contributed by atoms with Gasteiger partial charge in [-0.15, -0.1) is 0 Å². The van der Waals surface area contributed by atoms with Gasteiger partial charge in [0.2, 0.25) is 5.91 Å². The van der Waals surface area contributed by atoms with Crippen LogP contribution in [-0.4, -0.2) is 33.4 Å². The van der Waals surface area contributed by atoms with E-state index in [-0.39, 0.29) is 11.7 Å². The number of nitrogens with zero attached hydrogens (tertiary/aromatic N) is 3. The molecule has 0 atom stereocenters. The molecule has 1 amide bonds. The molecule has 25 heavy (non-hydrogen) atoms. The van der Waals surface area contributed by atoms with E-state index in [2.05, 4.69) is 4.98 Å². The van der Waals surface area contributed by atoms with E-state index in [0.717, 1.165) is 22.2 Å². The summed E-state index contributed by atoms with van der Waals surface area (Å²) < 4.78 is 15.4. The van der Waals surface area contributed by atoms with Crippen LogP contribution in [0, 0.1) is 12.7 Å². The third-order valence-corrected chi connectivity index (χ3v) is 4.53. The number of fused-ring (bicyclic) bond motifs is 1. The monoisotopic (exact) mass is 339 g/mol. The molecule has 3 aromatic rings. The fourth-order valence-corrected chi connectivity index (χ4v) is 3.01. The van der Waals surface area contributed by atoms with Crippen molar-refractivity contribution in [2.24, 2.45) is 0 Å². The van der Waals surface area contributed by atoms with Gasteiger partial charge in [-0.1, -0.05) is 6.07 Å². The van der Waals surface area contributed by atoms with Gasteiger partial charge in [-0.25, -0.2) is 4.39 Å². The third kappa shape index (κ3) is 3.40. The highest BCUT2D eigenvalue weighted by Crippen LogP contribution is 2.25. The number of pyridine rings is 1. The predicted octanol–water partition coefficient (Wildman–Crippen LogP) is 4.02. The Kier molecular flexibility index (Phi) is 4.83. The first kappa shape index (κ1) is 17.1. The summed E-state index contributed by atoms with van der Waals surface area (Å²) in [7, 11) is 0. The predicted molar refractivity (Wildman–Crippen MR) is 97.8 cm³/mol. The summed E-state index contributed by atoms with van der Waals surface area (Å²) in [5.74, 6) is -0.128. The van der Waals surface area contributed by atoms with Crippen LogP contribution in [0.25, 0.3) is 22.2 Å². The molecule has 3 rings (SSSR count). The molecule has 2 aromatic heterocycles. The van der Waals surface area contributed by atoms with Gasteiger partial charge < -0.3 is 9.47 Å². The zero-order valence-corrected chi connectivity index (χ0v) is 14.8. The number of hydrogen-bond donors (Lipinski definition) is 0. The minimum Gasteiger partial charge on any atom is -0.342 e. The molecule has 0 saturated carbocycles. The molecule has 130 valence electrons. The smallest absolute Gasteiger partial charge is 0.242 e. The highest BCUT2D eigenvalue weighted by molar-refractivity contribution is 5.84. The fraction of sp³-hybridized carbons (Fsp3) is 0.300. The van der Waals surface area contributed by atoms with E-state index in [1.807, 2.05) is 47.7 Å². The number of halogens is 1. The molecule has 5 heteroatoms. The summed E-state index contributed by atoms with van der Waals surface area (Å²) >= 11 is 0. The van der Waals surface area contributed by atoms with E-state index in [1.54, 1.807) is 19.2 Å². The number of rotatable bonds is 5. The van der Waals surface area contributed by atoms with Crippen molar-refractivity contribution >= 4 is 16.9 Å². The number of hydrogen-bond acceptors (Lipinski definition) is 2. The maximum absolute atomic E-state index is 13.5.